The molecule has 0 bridgehead atoms. The molecule has 0 fully saturated rings. The van der Waals surface area contributed by atoms with Crippen LogP contribution in [0.25, 0.3) is 0 Å². The van der Waals surface area contributed by atoms with Crippen molar-refractivity contribution in [2.75, 3.05) is 6.54 Å². The molecule has 0 aliphatic heterocycles. The zero-order valence-corrected chi connectivity index (χ0v) is 4.15. The highest BCUT2D eigenvalue weighted by Crippen LogP contribution is 1.84. The minimum atomic E-state index is -0.287. The molecule has 0 heterocycles. The summed E-state index contributed by atoms with van der Waals surface area (Å²) in [6, 6.07) is 1.85. The monoisotopic (exact) mass is 102 g/mol. The lowest BCUT2D eigenvalue weighted by Gasteiger charge is -1.87. The van der Waals surface area contributed by atoms with Gasteiger partial charge in [0.2, 0.25) is 0 Å². The highest BCUT2D eigenvalue weighted by molar-refractivity contribution is 7.81. The number of rotatable bonds is 1. The average molecular weight is 102 g/mol. The Hall–Kier alpha value is -0.200. The van der Waals surface area contributed by atoms with E-state index in [0.29, 0.717) is 6.54 Å². The number of nitriles is 1. The molecule has 0 radical (unpaired) electrons. The summed E-state index contributed by atoms with van der Waals surface area (Å²) < 4.78 is 0. The molecule has 0 aliphatic rings. The van der Waals surface area contributed by atoms with Gasteiger partial charge in [-0.2, -0.15) is 17.9 Å². The van der Waals surface area contributed by atoms with Gasteiger partial charge in [0, 0.05) is 6.54 Å². The Kier molecular flexibility index (Phi) is 2.91. The molecule has 0 aliphatic carbocycles. The van der Waals surface area contributed by atoms with E-state index < -0.39 is 0 Å². The van der Waals surface area contributed by atoms with Gasteiger partial charge >= 0.3 is 0 Å². The zero-order valence-electron chi connectivity index (χ0n) is 3.26. The third-order valence-electron chi connectivity index (χ3n) is 0.372. The second-order valence-corrected chi connectivity index (χ2v) is 1.50. The lowest BCUT2D eigenvalue weighted by Crippen LogP contribution is -2.10. The molecule has 1 atom stereocenters. The van der Waals surface area contributed by atoms with Crippen LogP contribution in [0.2, 0.25) is 0 Å². The van der Waals surface area contributed by atoms with Crippen molar-refractivity contribution in [2.45, 2.75) is 5.25 Å². The van der Waals surface area contributed by atoms with Crippen molar-refractivity contribution >= 4 is 12.6 Å². The quantitative estimate of drug-likeness (QED) is 0.449. The van der Waals surface area contributed by atoms with Crippen molar-refractivity contribution in [3.8, 4) is 6.07 Å². The predicted octanol–water partition coefficient (Wildman–Crippen LogP) is -0.233. The molecule has 0 saturated carbocycles. The van der Waals surface area contributed by atoms with E-state index in [2.05, 4.69) is 12.6 Å². The van der Waals surface area contributed by atoms with E-state index in [1.54, 1.807) is 0 Å². The largest absolute Gasteiger partial charge is 0.328 e. The number of nitrogens with two attached hydrogens (primary N) is 1. The average Bonchev–Trinajstić information content (AvgIpc) is 1.65. The molecular formula is C3H6N2S. The molecular weight excluding hydrogens is 96.1 g/mol. The van der Waals surface area contributed by atoms with Gasteiger partial charge in [-0.1, -0.05) is 0 Å². The summed E-state index contributed by atoms with van der Waals surface area (Å²) in [7, 11) is 0. The summed E-state index contributed by atoms with van der Waals surface area (Å²) in [5.41, 5.74) is 4.98. The van der Waals surface area contributed by atoms with Crippen LogP contribution < -0.4 is 5.73 Å². The third kappa shape index (κ3) is 2.06. The fourth-order valence-electron chi connectivity index (χ4n) is 0.0527. The molecule has 0 saturated heterocycles. The lowest BCUT2D eigenvalue weighted by molar-refractivity contribution is 1.04. The maximum atomic E-state index is 7.93. The standard InChI is InChI=1S/C3H6N2S/c4-1-3(6)2-5/h3,6H,1,4H2. The van der Waals surface area contributed by atoms with E-state index in [4.69, 9.17) is 11.0 Å². The van der Waals surface area contributed by atoms with Gasteiger partial charge in [-0.15, -0.1) is 0 Å². The molecule has 0 aromatic carbocycles. The van der Waals surface area contributed by atoms with Crippen LogP contribution in [0.4, 0.5) is 0 Å². The first-order chi connectivity index (χ1) is 2.81. The number of hydrogen-bond acceptors (Lipinski definition) is 3. The van der Waals surface area contributed by atoms with E-state index >= 15 is 0 Å². The van der Waals surface area contributed by atoms with Gasteiger partial charge in [-0.05, 0) is 0 Å². The van der Waals surface area contributed by atoms with Crippen LogP contribution in [0.15, 0.2) is 0 Å². The van der Waals surface area contributed by atoms with E-state index in [0.717, 1.165) is 0 Å². The Bertz CT molecular complexity index is 65.7. The Morgan fingerprint density at radius 3 is 2.50 bits per heavy atom. The fraction of sp³-hybridized carbons (Fsp3) is 0.667. The molecule has 0 aromatic heterocycles. The summed E-state index contributed by atoms with van der Waals surface area (Å²) in [6.07, 6.45) is 0. The summed E-state index contributed by atoms with van der Waals surface area (Å²) in [6.45, 7) is 0.333. The second-order valence-electron chi connectivity index (χ2n) is 0.881. The Morgan fingerprint density at radius 2 is 2.50 bits per heavy atom. The highest BCUT2D eigenvalue weighted by atomic mass is 32.1. The zero-order chi connectivity index (χ0) is 4.99. The highest BCUT2D eigenvalue weighted by Gasteiger charge is 1.90. The van der Waals surface area contributed by atoms with Crippen molar-refractivity contribution in [2.24, 2.45) is 5.73 Å². The van der Waals surface area contributed by atoms with Crippen molar-refractivity contribution in [1.82, 2.24) is 0 Å². The summed E-state index contributed by atoms with van der Waals surface area (Å²) >= 11 is 3.74. The molecule has 0 rings (SSSR count). The SMILES string of the molecule is N#CC(S)CN. The molecule has 0 amide bonds. The molecule has 34 valence electrons. The van der Waals surface area contributed by atoms with Crippen molar-refractivity contribution < 1.29 is 0 Å². The lowest BCUT2D eigenvalue weighted by atomic mass is 10.5. The van der Waals surface area contributed by atoms with E-state index in [9.17, 15) is 0 Å². The number of nitrogens with zero attached hydrogens (tertiary/aromatic N) is 1. The van der Waals surface area contributed by atoms with Gasteiger partial charge in [0.15, 0.2) is 0 Å². The third-order valence-corrected chi connectivity index (χ3v) is 0.699. The Labute approximate surface area is 42.4 Å². The fourth-order valence-corrected chi connectivity index (χ4v) is 0.0527. The van der Waals surface area contributed by atoms with E-state index in [1.165, 1.54) is 0 Å². The molecule has 6 heavy (non-hydrogen) atoms. The molecule has 2 N–H and O–H groups in total. The topological polar surface area (TPSA) is 49.8 Å². The Balaban J connectivity index is 3.04. The molecule has 1 unspecified atom stereocenters. The van der Waals surface area contributed by atoms with Gasteiger partial charge in [-0.25, -0.2) is 0 Å². The van der Waals surface area contributed by atoms with Crippen molar-refractivity contribution in [3.05, 3.63) is 0 Å². The molecule has 0 spiro atoms. The van der Waals surface area contributed by atoms with E-state index in [1.807, 2.05) is 6.07 Å². The van der Waals surface area contributed by atoms with Crippen LogP contribution in [0.3, 0.4) is 0 Å². The first-order valence-electron chi connectivity index (χ1n) is 1.59. The van der Waals surface area contributed by atoms with Gasteiger partial charge in [0.25, 0.3) is 0 Å². The van der Waals surface area contributed by atoms with E-state index in [-0.39, 0.29) is 5.25 Å². The summed E-state index contributed by atoms with van der Waals surface area (Å²) in [5.74, 6) is 0. The molecule has 0 aromatic rings. The van der Waals surface area contributed by atoms with Gasteiger partial charge in [-0.3, -0.25) is 0 Å². The van der Waals surface area contributed by atoms with Crippen LogP contribution in [0, 0.1) is 11.3 Å². The van der Waals surface area contributed by atoms with Crippen molar-refractivity contribution in [3.63, 3.8) is 0 Å². The van der Waals surface area contributed by atoms with Gasteiger partial charge in [0.1, 0.15) is 5.25 Å². The minimum absolute atomic E-state index is 0.287. The van der Waals surface area contributed by atoms with Crippen LogP contribution >= 0.6 is 12.6 Å². The summed E-state index contributed by atoms with van der Waals surface area (Å²) in [5, 5.41) is 7.64. The first kappa shape index (κ1) is 5.80. The van der Waals surface area contributed by atoms with Gasteiger partial charge in [0.05, 0.1) is 6.07 Å². The molecule has 2 nitrogen and oxygen atoms in total. The smallest absolute Gasteiger partial charge is 0.101 e. The van der Waals surface area contributed by atoms with Crippen LogP contribution in [0.5, 0.6) is 0 Å². The minimum Gasteiger partial charge on any atom is -0.328 e. The first-order valence-corrected chi connectivity index (χ1v) is 2.10. The maximum Gasteiger partial charge on any atom is 0.101 e. The Morgan fingerprint density at radius 1 is 2.00 bits per heavy atom. The number of hydrogen-bond donors (Lipinski definition) is 2. The normalized spacial score (nSPS) is 12.8. The predicted molar refractivity (Wildman–Crippen MR) is 27.4 cm³/mol. The second kappa shape index (κ2) is 3.01. The van der Waals surface area contributed by atoms with Crippen LogP contribution in [0.1, 0.15) is 0 Å². The maximum absolute atomic E-state index is 7.93. The number of thiol groups is 1. The molecule has 3 heteroatoms. The van der Waals surface area contributed by atoms with Crippen LogP contribution in [-0.4, -0.2) is 11.8 Å². The van der Waals surface area contributed by atoms with Crippen LogP contribution in [-0.2, 0) is 0 Å². The summed E-state index contributed by atoms with van der Waals surface area (Å²) in [4.78, 5) is 0. The van der Waals surface area contributed by atoms with Crippen molar-refractivity contribution in [1.29, 1.82) is 5.26 Å². The van der Waals surface area contributed by atoms with Gasteiger partial charge < -0.3 is 5.73 Å².